The van der Waals surface area contributed by atoms with E-state index >= 15 is 0 Å². The first-order chi connectivity index (χ1) is 36.8. The van der Waals surface area contributed by atoms with Gasteiger partial charge in [-0.25, -0.2) is 0 Å². The summed E-state index contributed by atoms with van der Waals surface area (Å²) in [6, 6.07) is -0.721. The lowest BCUT2D eigenvalue weighted by molar-refractivity contribution is -0.302. The van der Waals surface area contributed by atoms with Crippen molar-refractivity contribution in [1.29, 1.82) is 0 Å². The number of allylic oxidation sites excluding steroid dienone is 6. The van der Waals surface area contributed by atoms with Crippen molar-refractivity contribution in [3.05, 3.63) is 36.5 Å². The molecule has 1 rings (SSSR count). The quantitative estimate of drug-likeness (QED) is 0.0261. The molecular formula is C66H125NO8. The Bertz CT molecular complexity index is 1270. The molecule has 1 heterocycles. The summed E-state index contributed by atoms with van der Waals surface area (Å²) in [7, 11) is 0. The minimum atomic E-state index is -1.55. The molecule has 1 amide bonds. The highest BCUT2D eigenvalue weighted by atomic mass is 16.7. The second-order valence-electron chi connectivity index (χ2n) is 22.9. The largest absolute Gasteiger partial charge is 0.394 e. The molecule has 75 heavy (non-hydrogen) atoms. The average molecular weight is 1060 g/mol. The van der Waals surface area contributed by atoms with E-state index in [4.69, 9.17) is 9.47 Å². The fourth-order valence-electron chi connectivity index (χ4n) is 10.6. The molecule has 0 bridgehead atoms. The van der Waals surface area contributed by atoms with Gasteiger partial charge in [-0.15, -0.1) is 0 Å². The summed E-state index contributed by atoms with van der Waals surface area (Å²) in [6.45, 7) is 3.87. The Morgan fingerprint density at radius 3 is 1.16 bits per heavy atom. The van der Waals surface area contributed by atoms with Crippen LogP contribution in [0.25, 0.3) is 0 Å². The normalized spacial score (nSPS) is 19.1. The van der Waals surface area contributed by atoms with Crippen molar-refractivity contribution in [3.8, 4) is 0 Å². The number of carbonyl (C=O) groups is 1. The van der Waals surface area contributed by atoms with E-state index in [2.05, 4.69) is 55.6 Å². The van der Waals surface area contributed by atoms with Crippen LogP contribution in [0.15, 0.2) is 36.5 Å². The number of hydrogen-bond acceptors (Lipinski definition) is 8. The SMILES string of the molecule is CCCCCCC/C=C\C/C=C\C/C=C\CCCCCCCCCCCCCCC(=O)NC(COC1OC(CO)C(O)C(O)C1O)C(O)CCCCCCCCCCCCCCCCCCCCCCCCCCC. The molecule has 0 aromatic rings. The molecule has 9 heteroatoms. The zero-order valence-electron chi connectivity index (χ0n) is 49.3. The van der Waals surface area contributed by atoms with Gasteiger partial charge in [0.1, 0.15) is 24.4 Å². The van der Waals surface area contributed by atoms with Crippen LogP contribution in [0.4, 0.5) is 0 Å². The van der Waals surface area contributed by atoms with Crippen LogP contribution in [0.5, 0.6) is 0 Å². The smallest absolute Gasteiger partial charge is 0.220 e. The first-order valence-electron chi connectivity index (χ1n) is 32.7. The number of ether oxygens (including phenoxy) is 2. The van der Waals surface area contributed by atoms with Crippen molar-refractivity contribution in [2.24, 2.45) is 0 Å². The van der Waals surface area contributed by atoms with Gasteiger partial charge in [-0.3, -0.25) is 4.79 Å². The van der Waals surface area contributed by atoms with Gasteiger partial charge in [0.25, 0.3) is 0 Å². The number of carbonyl (C=O) groups excluding carboxylic acids is 1. The maximum atomic E-state index is 13.1. The number of amides is 1. The molecule has 1 fully saturated rings. The maximum absolute atomic E-state index is 13.1. The zero-order chi connectivity index (χ0) is 54.3. The van der Waals surface area contributed by atoms with Crippen molar-refractivity contribution in [2.45, 2.75) is 365 Å². The van der Waals surface area contributed by atoms with Crippen LogP contribution in [-0.2, 0) is 14.3 Å². The predicted molar refractivity (Wildman–Crippen MR) is 318 cm³/mol. The predicted octanol–water partition coefficient (Wildman–Crippen LogP) is 17.1. The van der Waals surface area contributed by atoms with E-state index < -0.39 is 49.5 Å². The van der Waals surface area contributed by atoms with Gasteiger partial charge in [-0.2, -0.15) is 0 Å². The van der Waals surface area contributed by atoms with Crippen LogP contribution in [-0.4, -0.2) is 87.5 Å². The first-order valence-corrected chi connectivity index (χ1v) is 32.7. The van der Waals surface area contributed by atoms with E-state index in [9.17, 15) is 30.3 Å². The minimum absolute atomic E-state index is 0.137. The minimum Gasteiger partial charge on any atom is -0.394 e. The van der Waals surface area contributed by atoms with Gasteiger partial charge in [0.2, 0.25) is 5.91 Å². The van der Waals surface area contributed by atoms with Gasteiger partial charge in [-0.1, -0.05) is 301 Å². The Labute approximate surface area is 463 Å². The molecule has 0 saturated carbocycles. The molecular weight excluding hydrogens is 935 g/mol. The van der Waals surface area contributed by atoms with E-state index in [0.717, 1.165) is 51.4 Å². The zero-order valence-corrected chi connectivity index (χ0v) is 49.3. The van der Waals surface area contributed by atoms with E-state index in [-0.39, 0.29) is 12.5 Å². The second kappa shape index (κ2) is 55.7. The molecule has 1 aliphatic rings. The summed E-state index contributed by atoms with van der Waals surface area (Å²) >= 11 is 0. The molecule has 1 aliphatic heterocycles. The molecule has 1 saturated heterocycles. The molecule has 0 spiro atoms. The van der Waals surface area contributed by atoms with E-state index in [0.29, 0.717) is 12.8 Å². The topological polar surface area (TPSA) is 149 Å². The van der Waals surface area contributed by atoms with Crippen molar-refractivity contribution in [3.63, 3.8) is 0 Å². The Hall–Kier alpha value is -1.59. The lowest BCUT2D eigenvalue weighted by atomic mass is 9.99. The van der Waals surface area contributed by atoms with E-state index in [1.807, 2.05) is 0 Å². The van der Waals surface area contributed by atoms with Crippen LogP contribution < -0.4 is 5.32 Å². The summed E-state index contributed by atoms with van der Waals surface area (Å²) in [5.41, 5.74) is 0. The third-order valence-electron chi connectivity index (χ3n) is 15.7. The van der Waals surface area contributed by atoms with Gasteiger partial charge in [0, 0.05) is 6.42 Å². The van der Waals surface area contributed by atoms with Crippen molar-refractivity contribution >= 4 is 5.91 Å². The van der Waals surface area contributed by atoms with Crippen LogP contribution in [0.3, 0.4) is 0 Å². The summed E-state index contributed by atoms with van der Waals surface area (Å²) in [5.74, 6) is -0.142. The Kier molecular flexibility index (Phi) is 53.1. The van der Waals surface area contributed by atoms with Gasteiger partial charge in [0.05, 0.1) is 25.4 Å². The molecule has 0 radical (unpaired) electrons. The van der Waals surface area contributed by atoms with Crippen molar-refractivity contribution in [2.75, 3.05) is 13.2 Å². The van der Waals surface area contributed by atoms with Crippen LogP contribution >= 0.6 is 0 Å². The van der Waals surface area contributed by atoms with E-state index in [1.165, 1.54) is 244 Å². The molecule has 0 aromatic carbocycles. The highest BCUT2D eigenvalue weighted by Gasteiger charge is 2.44. The first kappa shape index (κ1) is 71.4. The maximum Gasteiger partial charge on any atom is 0.220 e. The highest BCUT2D eigenvalue weighted by molar-refractivity contribution is 5.76. The molecule has 7 unspecified atom stereocenters. The number of rotatable bonds is 57. The number of unbranched alkanes of at least 4 members (excludes halogenated alkanes) is 41. The van der Waals surface area contributed by atoms with Crippen LogP contribution in [0, 0.1) is 0 Å². The van der Waals surface area contributed by atoms with Gasteiger partial charge >= 0.3 is 0 Å². The molecule has 6 N–H and O–H groups in total. The summed E-state index contributed by atoms with van der Waals surface area (Å²) in [6.07, 6.45) is 66.1. The Morgan fingerprint density at radius 1 is 0.453 bits per heavy atom. The molecule has 442 valence electrons. The molecule has 9 nitrogen and oxygen atoms in total. The summed E-state index contributed by atoms with van der Waals surface area (Å²) in [5, 5.41) is 54.9. The average Bonchev–Trinajstić information content (AvgIpc) is 3.41. The fraction of sp³-hybridized carbons (Fsp3) is 0.894. The third kappa shape index (κ3) is 44.9. The standard InChI is InChI=1S/C66H125NO8/c1-3-5-7-9-11-13-15-17-19-21-23-25-27-29-30-32-34-36-38-40-42-44-46-48-50-52-54-56-62(70)67-59(58-74-66-65(73)64(72)63(71)61(57-68)75-66)60(69)55-53-51-49-47-45-43-41-39-37-35-33-31-28-26-24-22-20-18-16-14-12-10-8-6-4-2/h15,17,21,23,27,29,59-61,63-66,68-69,71-73H,3-14,16,18-20,22,24-26,28,30-58H2,1-2H3,(H,67,70)/b17-15-,23-21-,29-27-. The Morgan fingerprint density at radius 2 is 0.787 bits per heavy atom. The number of aliphatic hydroxyl groups is 5. The Balaban J connectivity index is 2.15. The van der Waals surface area contributed by atoms with E-state index in [1.54, 1.807) is 0 Å². The lowest BCUT2D eigenvalue weighted by Crippen LogP contribution is -2.60. The second-order valence-corrected chi connectivity index (χ2v) is 22.9. The molecule has 0 aromatic heterocycles. The molecule has 0 aliphatic carbocycles. The lowest BCUT2D eigenvalue weighted by Gasteiger charge is -2.40. The molecule has 7 atom stereocenters. The monoisotopic (exact) mass is 1060 g/mol. The fourth-order valence-corrected chi connectivity index (χ4v) is 10.6. The van der Waals surface area contributed by atoms with Gasteiger partial charge in [-0.05, 0) is 51.4 Å². The highest BCUT2D eigenvalue weighted by Crippen LogP contribution is 2.24. The van der Waals surface area contributed by atoms with Gasteiger partial charge < -0.3 is 40.3 Å². The number of hydrogen-bond donors (Lipinski definition) is 6. The number of nitrogens with one attached hydrogen (secondary N) is 1. The van der Waals surface area contributed by atoms with Crippen LogP contribution in [0.1, 0.15) is 322 Å². The number of aliphatic hydroxyl groups excluding tert-OH is 5. The summed E-state index contributed by atoms with van der Waals surface area (Å²) < 4.78 is 11.4. The van der Waals surface area contributed by atoms with Crippen molar-refractivity contribution in [1.82, 2.24) is 5.32 Å². The summed E-state index contributed by atoms with van der Waals surface area (Å²) in [4.78, 5) is 13.1. The third-order valence-corrected chi connectivity index (χ3v) is 15.7. The van der Waals surface area contributed by atoms with Gasteiger partial charge in [0.15, 0.2) is 6.29 Å². The van der Waals surface area contributed by atoms with Crippen LogP contribution in [0.2, 0.25) is 0 Å². The van der Waals surface area contributed by atoms with Crippen molar-refractivity contribution < 1.29 is 39.8 Å².